The molecular weight excluding hydrogens is 368 g/mol. The van der Waals surface area contributed by atoms with E-state index in [4.69, 9.17) is 16.6 Å². The Hall–Kier alpha value is -0.190. The van der Waals surface area contributed by atoms with Crippen molar-refractivity contribution >= 4 is 50.3 Å². The zero-order chi connectivity index (χ0) is 14.8. The van der Waals surface area contributed by atoms with E-state index in [1.807, 2.05) is 11.8 Å². The average Bonchev–Trinajstić information content (AvgIpc) is 2.84. The van der Waals surface area contributed by atoms with Crippen LogP contribution >= 0.6 is 39.3 Å². The second-order valence-electron chi connectivity index (χ2n) is 5.60. The number of nitrogens with zero attached hydrogens (tertiary/aromatic N) is 2. The standard InChI is InChI=1S/C16H20BrClN2S/c1-21-15-5-3-2-4-14(15)20-13-7-6-11(17)10-12(13)19-16(20)8-9-18/h6-7,10,14-15H,2-5,8-9H2,1H3. The Kier molecular flexibility index (Phi) is 5.18. The SMILES string of the molecule is CSC1CCCCC1n1c(CCCl)nc2cc(Br)ccc21. The zero-order valence-corrected chi connectivity index (χ0v) is 15.3. The smallest absolute Gasteiger partial charge is 0.111 e. The number of fused-ring (bicyclic) bond motifs is 1. The lowest BCUT2D eigenvalue weighted by Gasteiger charge is -2.33. The molecule has 1 aromatic heterocycles. The molecule has 0 amide bonds. The molecule has 5 heteroatoms. The molecule has 1 aliphatic carbocycles. The van der Waals surface area contributed by atoms with Crippen molar-refractivity contribution in [3.63, 3.8) is 0 Å². The molecule has 1 heterocycles. The van der Waals surface area contributed by atoms with Gasteiger partial charge in [-0.05, 0) is 37.3 Å². The minimum absolute atomic E-state index is 0.554. The van der Waals surface area contributed by atoms with Crippen LogP contribution in [0, 0.1) is 0 Å². The minimum Gasteiger partial charge on any atom is -0.324 e. The average molecular weight is 388 g/mol. The van der Waals surface area contributed by atoms with Gasteiger partial charge in [0.15, 0.2) is 0 Å². The summed E-state index contributed by atoms with van der Waals surface area (Å²) in [6, 6.07) is 6.97. The number of aromatic nitrogens is 2. The highest BCUT2D eigenvalue weighted by Crippen LogP contribution is 2.38. The lowest BCUT2D eigenvalue weighted by Crippen LogP contribution is -2.26. The van der Waals surface area contributed by atoms with Crippen LogP contribution < -0.4 is 0 Å². The maximum absolute atomic E-state index is 6.01. The number of aryl methyl sites for hydroxylation is 1. The van der Waals surface area contributed by atoms with Crippen LogP contribution in [-0.4, -0.2) is 26.9 Å². The highest BCUT2D eigenvalue weighted by Gasteiger charge is 2.28. The molecule has 2 unspecified atom stereocenters. The molecule has 0 radical (unpaired) electrons. The Morgan fingerprint density at radius 1 is 1.38 bits per heavy atom. The van der Waals surface area contributed by atoms with E-state index in [0.29, 0.717) is 17.2 Å². The fourth-order valence-electron chi connectivity index (χ4n) is 3.40. The maximum atomic E-state index is 6.01. The number of hydrogen-bond donors (Lipinski definition) is 0. The molecule has 1 aromatic carbocycles. The molecule has 1 fully saturated rings. The summed E-state index contributed by atoms with van der Waals surface area (Å²) in [4.78, 5) is 4.85. The van der Waals surface area contributed by atoms with Crippen molar-refractivity contribution in [3.8, 4) is 0 Å². The molecular formula is C16H20BrClN2S. The number of thioether (sulfide) groups is 1. The summed E-state index contributed by atoms with van der Waals surface area (Å²) >= 11 is 11.6. The van der Waals surface area contributed by atoms with Crippen molar-refractivity contribution < 1.29 is 0 Å². The Balaban J connectivity index is 2.11. The largest absolute Gasteiger partial charge is 0.324 e. The van der Waals surface area contributed by atoms with Gasteiger partial charge in [-0.1, -0.05) is 28.8 Å². The van der Waals surface area contributed by atoms with Gasteiger partial charge in [0.2, 0.25) is 0 Å². The van der Waals surface area contributed by atoms with E-state index in [2.05, 4.69) is 45.0 Å². The Morgan fingerprint density at radius 3 is 2.95 bits per heavy atom. The van der Waals surface area contributed by atoms with E-state index >= 15 is 0 Å². The molecule has 2 nitrogen and oxygen atoms in total. The number of halogens is 2. The summed E-state index contributed by atoms with van der Waals surface area (Å²) in [7, 11) is 0. The first-order valence-corrected chi connectivity index (χ1v) is 10.1. The molecule has 2 aromatic rings. The summed E-state index contributed by atoms with van der Waals surface area (Å²) in [6.07, 6.45) is 8.30. The van der Waals surface area contributed by atoms with Crippen molar-refractivity contribution in [3.05, 3.63) is 28.5 Å². The molecule has 21 heavy (non-hydrogen) atoms. The van der Waals surface area contributed by atoms with Crippen LogP contribution in [0.3, 0.4) is 0 Å². The van der Waals surface area contributed by atoms with Crippen molar-refractivity contribution in [2.45, 2.75) is 43.4 Å². The van der Waals surface area contributed by atoms with Crippen molar-refractivity contribution in [2.75, 3.05) is 12.1 Å². The van der Waals surface area contributed by atoms with E-state index in [-0.39, 0.29) is 0 Å². The highest BCUT2D eigenvalue weighted by atomic mass is 79.9. The molecule has 1 aliphatic rings. The topological polar surface area (TPSA) is 17.8 Å². The van der Waals surface area contributed by atoms with E-state index in [1.165, 1.54) is 31.2 Å². The Bertz CT molecular complexity index is 628. The van der Waals surface area contributed by atoms with Gasteiger partial charge in [0.1, 0.15) is 5.82 Å². The fraction of sp³-hybridized carbons (Fsp3) is 0.562. The van der Waals surface area contributed by atoms with Crippen LogP contribution in [0.5, 0.6) is 0 Å². The van der Waals surface area contributed by atoms with Crippen LogP contribution in [0.4, 0.5) is 0 Å². The zero-order valence-electron chi connectivity index (χ0n) is 12.2. The van der Waals surface area contributed by atoms with Crippen molar-refractivity contribution in [1.82, 2.24) is 9.55 Å². The van der Waals surface area contributed by atoms with E-state index in [9.17, 15) is 0 Å². The summed E-state index contributed by atoms with van der Waals surface area (Å²) in [5.41, 5.74) is 2.33. The summed E-state index contributed by atoms with van der Waals surface area (Å²) in [6.45, 7) is 0. The fourth-order valence-corrected chi connectivity index (χ4v) is 4.89. The molecule has 0 saturated heterocycles. The van der Waals surface area contributed by atoms with Gasteiger partial charge in [-0.3, -0.25) is 0 Å². The van der Waals surface area contributed by atoms with Gasteiger partial charge in [-0.15, -0.1) is 11.6 Å². The Morgan fingerprint density at radius 2 is 2.19 bits per heavy atom. The van der Waals surface area contributed by atoms with Crippen LogP contribution in [0.15, 0.2) is 22.7 Å². The molecule has 0 N–H and O–H groups in total. The lowest BCUT2D eigenvalue weighted by molar-refractivity contribution is 0.364. The Labute approximate surface area is 143 Å². The van der Waals surface area contributed by atoms with Crippen LogP contribution in [-0.2, 0) is 6.42 Å². The number of imidazole rings is 1. The van der Waals surface area contributed by atoms with Gasteiger partial charge >= 0.3 is 0 Å². The lowest BCUT2D eigenvalue weighted by atomic mass is 9.94. The second-order valence-corrected chi connectivity index (χ2v) is 7.97. The summed E-state index contributed by atoms with van der Waals surface area (Å²) in [5, 5.41) is 0.689. The third-order valence-corrected chi connectivity index (χ3v) is 6.18. The third kappa shape index (κ3) is 3.13. The molecule has 1 saturated carbocycles. The molecule has 2 atom stereocenters. The van der Waals surface area contributed by atoms with E-state index in [1.54, 1.807) is 0 Å². The predicted octanol–water partition coefficient (Wildman–Crippen LogP) is 5.43. The van der Waals surface area contributed by atoms with E-state index in [0.717, 1.165) is 22.2 Å². The molecule has 0 aliphatic heterocycles. The molecule has 0 bridgehead atoms. The van der Waals surface area contributed by atoms with Crippen LogP contribution in [0.25, 0.3) is 11.0 Å². The van der Waals surface area contributed by atoms with Gasteiger partial charge < -0.3 is 4.57 Å². The van der Waals surface area contributed by atoms with E-state index < -0.39 is 0 Å². The monoisotopic (exact) mass is 386 g/mol. The number of benzene rings is 1. The number of rotatable bonds is 4. The first kappa shape index (κ1) is 15.7. The van der Waals surface area contributed by atoms with Gasteiger partial charge in [0, 0.05) is 28.1 Å². The number of hydrogen-bond acceptors (Lipinski definition) is 2. The normalized spacial score (nSPS) is 22.8. The summed E-state index contributed by atoms with van der Waals surface area (Å²) < 4.78 is 3.56. The van der Waals surface area contributed by atoms with Crippen molar-refractivity contribution in [1.29, 1.82) is 0 Å². The molecule has 0 spiro atoms. The highest BCUT2D eigenvalue weighted by molar-refractivity contribution is 9.10. The van der Waals surface area contributed by atoms with Gasteiger partial charge in [-0.25, -0.2) is 4.98 Å². The van der Waals surface area contributed by atoms with Gasteiger partial charge in [0.05, 0.1) is 11.0 Å². The molecule has 3 rings (SSSR count). The second kappa shape index (κ2) is 6.93. The minimum atomic E-state index is 0.554. The first-order chi connectivity index (χ1) is 10.2. The quantitative estimate of drug-likeness (QED) is 0.651. The number of alkyl halides is 1. The summed E-state index contributed by atoms with van der Waals surface area (Å²) in [5.74, 6) is 1.77. The van der Waals surface area contributed by atoms with Crippen molar-refractivity contribution in [2.24, 2.45) is 0 Å². The van der Waals surface area contributed by atoms with Crippen LogP contribution in [0.1, 0.15) is 37.5 Å². The van der Waals surface area contributed by atoms with Crippen LogP contribution in [0.2, 0.25) is 0 Å². The maximum Gasteiger partial charge on any atom is 0.111 e. The van der Waals surface area contributed by atoms with Gasteiger partial charge in [0.25, 0.3) is 0 Å². The predicted molar refractivity (Wildman–Crippen MR) is 96.7 cm³/mol. The third-order valence-electron chi connectivity index (χ3n) is 4.34. The molecule has 114 valence electrons. The van der Waals surface area contributed by atoms with Gasteiger partial charge in [-0.2, -0.15) is 11.8 Å². The first-order valence-electron chi connectivity index (χ1n) is 7.49.